The molecule has 0 aromatic rings. The first-order chi connectivity index (χ1) is 2.91. The first kappa shape index (κ1) is 5.53. The fourth-order valence-corrected chi connectivity index (χ4v) is 0.434. The van der Waals surface area contributed by atoms with E-state index in [0.29, 0.717) is 0 Å². The van der Waals surface area contributed by atoms with Crippen LogP contribution in [0.15, 0.2) is 4.78 Å². The summed E-state index contributed by atoms with van der Waals surface area (Å²) in [5.74, 6) is 0. The van der Waals surface area contributed by atoms with E-state index >= 15 is 0 Å². The van der Waals surface area contributed by atoms with E-state index < -0.39 is 0 Å². The molecular weight excluding hydrogens is 94.1 g/mol. The normalized spacial score (nSPS) is 8.83. The second-order valence-corrected chi connectivity index (χ2v) is 2.68. The van der Waals surface area contributed by atoms with Gasteiger partial charge in [0.15, 0.2) is 0 Å². The molecule has 0 heterocycles. The lowest BCUT2D eigenvalue weighted by atomic mass is 11.0. The maximum atomic E-state index is 7.69. The molecular formula is C2H7N3Si. The van der Waals surface area contributed by atoms with Gasteiger partial charge in [-0.2, -0.15) is 0 Å². The molecule has 0 atom stereocenters. The van der Waals surface area contributed by atoms with Crippen molar-refractivity contribution in [3.8, 4) is 0 Å². The van der Waals surface area contributed by atoms with Crippen LogP contribution < -0.4 is 0 Å². The SMILES string of the molecule is CC[SiH2]N=[N+]=[N-]. The highest BCUT2D eigenvalue weighted by Crippen LogP contribution is 1.72. The van der Waals surface area contributed by atoms with E-state index in [4.69, 9.17) is 5.53 Å². The maximum Gasteiger partial charge on any atom is 0.123 e. The van der Waals surface area contributed by atoms with Gasteiger partial charge in [0.1, 0.15) is 9.68 Å². The van der Waals surface area contributed by atoms with Crippen molar-refractivity contribution in [2.45, 2.75) is 13.0 Å². The molecule has 0 saturated heterocycles. The summed E-state index contributed by atoms with van der Waals surface area (Å²) >= 11 is 0. The highest BCUT2D eigenvalue weighted by Gasteiger charge is 1.68. The van der Waals surface area contributed by atoms with Gasteiger partial charge in [-0.05, 0) is 10.4 Å². The summed E-state index contributed by atoms with van der Waals surface area (Å²) in [4.78, 5) is 2.61. The molecule has 0 aliphatic rings. The summed E-state index contributed by atoms with van der Waals surface area (Å²) in [5.41, 5.74) is 7.69. The fraction of sp³-hybridized carbons (Fsp3) is 1.00. The molecule has 0 radical (unpaired) electrons. The van der Waals surface area contributed by atoms with E-state index in [-0.39, 0.29) is 9.68 Å². The Kier molecular flexibility index (Phi) is 4.17. The van der Waals surface area contributed by atoms with Gasteiger partial charge in [-0.1, -0.05) is 13.0 Å². The minimum absolute atomic E-state index is 0.370. The minimum atomic E-state index is -0.370. The number of rotatable bonds is 2. The highest BCUT2D eigenvalue weighted by molar-refractivity contribution is 6.32. The molecule has 0 saturated carbocycles. The molecule has 6 heavy (non-hydrogen) atoms. The summed E-state index contributed by atoms with van der Waals surface area (Å²) in [5, 5.41) is 0. The van der Waals surface area contributed by atoms with Crippen LogP contribution in [0, 0.1) is 0 Å². The first-order valence-electron chi connectivity index (χ1n) is 1.92. The first-order valence-corrected chi connectivity index (χ1v) is 3.56. The molecule has 0 fully saturated rings. The quantitative estimate of drug-likeness (QED) is 0.214. The molecule has 0 aromatic heterocycles. The third-order valence-corrected chi connectivity index (χ3v) is 1.16. The van der Waals surface area contributed by atoms with Crippen LogP contribution in [0.2, 0.25) is 6.04 Å². The van der Waals surface area contributed by atoms with E-state index in [2.05, 4.69) is 9.69 Å². The third kappa shape index (κ3) is 3.53. The van der Waals surface area contributed by atoms with Crippen LogP contribution in [-0.2, 0) is 0 Å². The highest BCUT2D eigenvalue weighted by atomic mass is 28.2. The zero-order valence-electron chi connectivity index (χ0n) is 3.76. The van der Waals surface area contributed by atoms with E-state index in [1.54, 1.807) is 0 Å². The van der Waals surface area contributed by atoms with Crippen molar-refractivity contribution in [2.75, 3.05) is 0 Å². The van der Waals surface area contributed by atoms with Crippen molar-refractivity contribution >= 4 is 9.68 Å². The second-order valence-electron chi connectivity index (χ2n) is 0.954. The number of nitrogens with zero attached hydrogens (tertiary/aromatic N) is 3. The number of hydrogen-bond acceptors (Lipinski definition) is 1. The smallest absolute Gasteiger partial charge is 0.123 e. The molecule has 4 heteroatoms. The van der Waals surface area contributed by atoms with Crippen LogP contribution in [0.5, 0.6) is 0 Å². The Morgan fingerprint density at radius 1 is 2.00 bits per heavy atom. The average molecular weight is 101 g/mol. The lowest BCUT2D eigenvalue weighted by Crippen LogP contribution is -1.72. The van der Waals surface area contributed by atoms with Gasteiger partial charge in [0, 0.05) is 0 Å². The van der Waals surface area contributed by atoms with Crippen molar-refractivity contribution in [2.24, 2.45) is 4.78 Å². The molecule has 0 unspecified atom stereocenters. The molecule has 0 N–H and O–H groups in total. The van der Waals surface area contributed by atoms with Crippen molar-refractivity contribution < 1.29 is 0 Å². The summed E-state index contributed by atoms with van der Waals surface area (Å²) in [6.07, 6.45) is 0. The Morgan fingerprint density at radius 3 is 2.83 bits per heavy atom. The van der Waals surface area contributed by atoms with Gasteiger partial charge in [-0.15, -0.1) is 4.78 Å². The van der Waals surface area contributed by atoms with E-state index in [9.17, 15) is 0 Å². The minimum Gasteiger partial charge on any atom is -0.132 e. The standard InChI is InChI=1S/C2H7N3Si/c1-2-6-5-4-3/h2,6H2,1H3. The van der Waals surface area contributed by atoms with Gasteiger partial charge < -0.3 is 0 Å². The Hall–Kier alpha value is -0.473. The summed E-state index contributed by atoms with van der Waals surface area (Å²) in [6, 6.07) is 1.07. The van der Waals surface area contributed by atoms with Crippen LogP contribution in [0.1, 0.15) is 6.92 Å². The average Bonchev–Trinajstić information content (AvgIpc) is 1.61. The monoisotopic (exact) mass is 101 g/mol. The number of azide groups is 1. The molecule has 34 valence electrons. The molecule has 0 aromatic carbocycles. The van der Waals surface area contributed by atoms with Crippen LogP contribution >= 0.6 is 0 Å². The second kappa shape index (κ2) is 4.53. The molecule has 0 rings (SSSR count). The molecule has 0 spiro atoms. The van der Waals surface area contributed by atoms with Crippen molar-refractivity contribution in [3.05, 3.63) is 10.4 Å². The fourth-order valence-electron chi connectivity index (χ4n) is 0.145. The molecule has 0 bridgehead atoms. The molecule has 0 amide bonds. The summed E-state index contributed by atoms with van der Waals surface area (Å²) < 4.78 is 3.41. The van der Waals surface area contributed by atoms with Gasteiger partial charge in [-0.25, -0.2) is 0 Å². The van der Waals surface area contributed by atoms with Crippen molar-refractivity contribution in [1.29, 1.82) is 0 Å². The van der Waals surface area contributed by atoms with Crippen LogP contribution in [0.4, 0.5) is 0 Å². The van der Waals surface area contributed by atoms with Gasteiger partial charge >= 0.3 is 0 Å². The lowest BCUT2D eigenvalue weighted by molar-refractivity contribution is 1.42. The van der Waals surface area contributed by atoms with Gasteiger partial charge in [0.2, 0.25) is 0 Å². The van der Waals surface area contributed by atoms with Gasteiger partial charge in [0.05, 0.1) is 0 Å². The number of hydrogen-bond donors (Lipinski definition) is 0. The van der Waals surface area contributed by atoms with Crippen LogP contribution in [0.3, 0.4) is 0 Å². The van der Waals surface area contributed by atoms with Crippen molar-refractivity contribution in [1.82, 2.24) is 0 Å². The third-order valence-electron chi connectivity index (χ3n) is 0.387. The van der Waals surface area contributed by atoms with E-state index in [1.807, 2.05) is 6.92 Å². The van der Waals surface area contributed by atoms with Crippen molar-refractivity contribution in [3.63, 3.8) is 0 Å². The summed E-state index contributed by atoms with van der Waals surface area (Å²) in [6.45, 7) is 2.03. The predicted octanol–water partition coefficient (Wildman–Crippen LogP) is 0.819. The zero-order valence-corrected chi connectivity index (χ0v) is 5.17. The zero-order chi connectivity index (χ0) is 4.83. The Morgan fingerprint density at radius 2 is 2.67 bits per heavy atom. The van der Waals surface area contributed by atoms with Gasteiger partial charge in [0.25, 0.3) is 0 Å². The largest absolute Gasteiger partial charge is 0.132 e. The lowest BCUT2D eigenvalue weighted by Gasteiger charge is -1.69. The molecule has 3 nitrogen and oxygen atoms in total. The topological polar surface area (TPSA) is 48.8 Å². The Balaban J connectivity index is 2.86. The van der Waals surface area contributed by atoms with Crippen LogP contribution in [0.25, 0.3) is 10.4 Å². The molecule has 0 aliphatic carbocycles. The maximum absolute atomic E-state index is 7.69. The van der Waals surface area contributed by atoms with E-state index in [0.717, 1.165) is 6.04 Å². The van der Waals surface area contributed by atoms with E-state index in [1.165, 1.54) is 0 Å². The van der Waals surface area contributed by atoms with Crippen LogP contribution in [-0.4, -0.2) is 9.68 Å². The summed E-state index contributed by atoms with van der Waals surface area (Å²) in [7, 11) is -0.370. The Bertz CT molecular complexity index is 65.2. The predicted molar refractivity (Wildman–Crippen MR) is 28.2 cm³/mol. The molecule has 0 aliphatic heterocycles. The Labute approximate surface area is 38.9 Å². The van der Waals surface area contributed by atoms with Gasteiger partial charge in [-0.3, -0.25) is 0 Å².